The Morgan fingerprint density at radius 1 is 0.950 bits per heavy atom. The zero-order valence-corrected chi connectivity index (χ0v) is 23.1. The molecule has 2 bridgehead atoms. The fourth-order valence-electron chi connectivity index (χ4n) is 7.34. The van der Waals surface area contributed by atoms with Gasteiger partial charge in [0, 0.05) is 54.2 Å². The molecule has 0 N–H and O–H groups in total. The van der Waals surface area contributed by atoms with Gasteiger partial charge in [-0.3, -0.25) is 4.79 Å². The number of nitrogens with zero attached hydrogens (tertiary/aromatic N) is 4. The Balaban J connectivity index is 1.06. The number of hydrogen-bond donors (Lipinski definition) is 0. The van der Waals surface area contributed by atoms with Crippen molar-refractivity contribution in [1.29, 1.82) is 0 Å². The highest BCUT2D eigenvalue weighted by Crippen LogP contribution is 2.58. The Morgan fingerprint density at radius 3 is 2.42 bits per heavy atom. The molecule has 6 aliphatic rings. The van der Waals surface area contributed by atoms with Crippen LogP contribution < -0.4 is 4.90 Å². The van der Waals surface area contributed by atoms with Crippen molar-refractivity contribution >= 4 is 11.6 Å². The highest BCUT2D eigenvalue weighted by Gasteiger charge is 2.53. The molecule has 6 fully saturated rings. The average molecular weight is 543 g/mol. The van der Waals surface area contributed by atoms with Crippen LogP contribution in [0.15, 0.2) is 39.4 Å². The molecule has 2 aromatic heterocycles. The van der Waals surface area contributed by atoms with E-state index in [2.05, 4.69) is 33.2 Å². The summed E-state index contributed by atoms with van der Waals surface area (Å²) in [5.74, 6) is 4.63. The number of hydrogen-bond acceptors (Lipinski definition) is 7. The van der Waals surface area contributed by atoms with Crippen LogP contribution in [-0.2, 0) is 14.9 Å². The second-order valence-corrected chi connectivity index (χ2v) is 13.2. The summed E-state index contributed by atoms with van der Waals surface area (Å²) < 4.78 is 17.6. The fourth-order valence-corrected chi connectivity index (χ4v) is 7.34. The zero-order valence-electron chi connectivity index (χ0n) is 23.1. The Kier molecular flexibility index (Phi) is 5.91. The third kappa shape index (κ3) is 4.48. The molecule has 0 atom stereocenters. The minimum Gasteiger partial charge on any atom is -0.440 e. The number of rotatable bonds is 8. The second kappa shape index (κ2) is 9.54. The molecule has 1 aromatic carbocycles. The lowest BCUT2D eigenvalue weighted by atomic mass is 9.53. The fraction of sp³-hybridized carbons (Fsp3) is 0.625. The molecule has 1 saturated heterocycles. The summed E-state index contributed by atoms with van der Waals surface area (Å²) in [4.78, 5) is 25.7. The Bertz CT molecular complexity index is 1370. The van der Waals surface area contributed by atoms with Gasteiger partial charge in [0.1, 0.15) is 0 Å². The van der Waals surface area contributed by atoms with Crippen molar-refractivity contribution < 1.29 is 18.5 Å². The van der Waals surface area contributed by atoms with E-state index in [9.17, 15) is 4.79 Å². The molecule has 5 saturated carbocycles. The van der Waals surface area contributed by atoms with Crippen LogP contribution in [0.1, 0.15) is 106 Å². The molecule has 1 aliphatic heterocycles. The Morgan fingerprint density at radius 2 is 1.70 bits per heavy atom. The summed E-state index contributed by atoms with van der Waals surface area (Å²) in [5.41, 5.74) is 2.07. The third-order valence-electron chi connectivity index (χ3n) is 10.5. The molecule has 1 amide bonds. The highest BCUT2D eigenvalue weighted by atomic mass is 16.5. The number of amides is 1. The molecular formula is C32H38N4O4. The molecule has 9 rings (SSSR count). The minimum atomic E-state index is 0.00562. The number of fused-ring (bicyclic) bond motifs is 3. The predicted molar refractivity (Wildman–Crippen MR) is 148 cm³/mol. The lowest BCUT2D eigenvalue weighted by molar-refractivity contribution is -0.126. The highest BCUT2D eigenvalue weighted by molar-refractivity contribution is 5.95. The van der Waals surface area contributed by atoms with Crippen molar-refractivity contribution in [2.45, 2.75) is 94.3 Å². The number of carbonyl (C=O) groups is 1. The maximum Gasteiger partial charge on any atom is 0.232 e. The molecule has 0 unspecified atom stereocenters. The summed E-state index contributed by atoms with van der Waals surface area (Å²) in [6, 6.07) is 8.32. The summed E-state index contributed by atoms with van der Waals surface area (Å²) in [6.45, 7) is 2.07. The van der Waals surface area contributed by atoms with Gasteiger partial charge in [0.05, 0.1) is 6.20 Å². The smallest absolute Gasteiger partial charge is 0.232 e. The van der Waals surface area contributed by atoms with Crippen LogP contribution in [-0.4, -0.2) is 40.8 Å². The van der Waals surface area contributed by atoms with Crippen LogP contribution in [0.25, 0.3) is 11.3 Å². The van der Waals surface area contributed by atoms with Gasteiger partial charge in [0.25, 0.3) is 0 Å². The topological polar surface area (TPSA) is 94.5 Å². The van der Waals surface area contributed by atoms with Gasteiger partial charge in [-0.1, -0.05) is 17.3 Å². The SMILES string of the molecule is O=C(C1CCOCC1)N(CC12CCC(c3nc(C4CC4)no3)(CC1)CC2)c1cccc(-c2cnc(C3CC3)o2)c1. The Labute approximate surface area is 234 Å². The van der Waals surface area contributed by atoms with E-state index in [1.807, 2.05) is 12.3 Å². The zero-order chi connectivity index (χ0) is 26.7. The number of benzene rings is 1. The second-order valence-electron chi connectivity index (χ2n) is 13.2. The molecule has 3 heterocycles. The normalized spacial score (nSPS) is 28.6. The van der Waals surface area contributed by atoms with E-state index in [4.69, 9.17) is 18.7 Å². The molecule has 210 valence electrons. The van der Waals surface area contributed by atoms with E-state index in [-0.39, 0.29) is 22.7 Å². The molecule has 8 nitrogen and oxygen atoms in total. The number of aromatic nitrogens is 3. The lowest BCUT2D eigenvalue weighted by Crippen LogP contribution is -2.52. The first kappa shape index (κ1) is 24.8. The number of carbonyl (C=O) groups excluding carboxylic acids is 1. The molecule has 5 aliphatic carbocycles. The van der Waals surface area contributed by atoms with Crippen molar-refractivity contribution in [3.63, 3.8) is 0 Å². The van der Waals surface area contributed by atoms with E-state index < -0.39 is 0 Å². The minimum absolute atomic E-state index is 0.00562. The van der Waals surface area contributed by atoms with Gasteiger partial charge in [-0.25, -0.2) is 4.98 Å². The van der Waals surface area contributed by atoms with Crippen LogP contribution in [0, 0.1) is 11.3 Å². The average Bonchev–Trinajstić information content (AvgIpc) is 3.95. The van der Waals surface area contributed by atoms with Crippen LogP contribution in [0.3, 0.4) is 0 Å². The quantitative estimate of drug-likeness (QED) is 0.319. The van der Waals surface area contributed by atoms with E-state index in [0.29, 0.717) is 25.0 Å². The van der Waals surface area contributed by atoms with Crippen molar-refractivity contribution in [1.82, 2.24) is 15.1 Å². The summed E-state index contributed by atoms with van der Waals surface area (Å²) in [7, 11) is 0. The van der Waals surface area contributed by atoms with E-state index in [1.54, 1.807) is 0 Å². The van der Waals surface area contributed by atoms with Gasteiger partial charge < -0.3 is 18.6 Å². The number of anilines is 1. The third-order valence-corrected chi connectivity index (χ3v) is 10.5. The van der Waals surface area contributed by atoms with Crippen LogP contribution in [0.2, 0.25) is 0 Å². The number of ether oxygens (including phenoxy) is 1. The van der Waals surface area contributed by atoms with Gasteiger partial charge in [-0.15, -0.1) is 0 Å². The van der Waals surface area contributed by atoms with E-state index in [0.717, 1.165) is 105 Å². The first-order chi connectivity index (χ1) is 19.6. The molecule has 3 aromatic rings. The van der Waals surface area contributed by atoms with Crippen LogP contribution >= 0.6 is 0 Å². The van der Waals surface area contributed by atoms with Gasteiger partial charge in [-0.05, 0) is 94.6 Å². The van der Waals surface area contributed by atoms with Crippen LogP contribution in [0.5, 0.6) is 0 Å². The largest absolute Gasteiger partial charge is 0.440 e. The summed E-state index contributed by atoms with van der Waals surface area (Å²) in [5, 5.41) is 4.33. The van der Waals surface area contributed by atoms with E-state index in [1.165, 1.54) is 12.8 Å². The van der Waals surface area contributed by atoms with Crippen molar-refractivity contribution in [3.05, 3.63) is 48.1 Å². The molecule has 40 heavy (non-hydrogen) atoms. The van der Waals surface area contributed by atoms with Gasteiger partial charge in [-0.2, -0.15) is 4.98 Å². The van der Waals surface area contributed by atoms with Crippen LogP contribution in [0.4, 0.5) is 5.69 Å². The van der Waals surface area contributed by atoms with Crippen molar-refractivity contribution in [2.75, 3.05) is 24.7 Å². The standard InChI is InChI=1S/C32H38N4O4/c37-29(23-8-16-38-17-9-23)36(25-3-1-2-24(18-25)26-19-33-28(39-26)22-6-7-22)20-31-10-13-32(14-11-31,15-12-31)30-34-27(35-40-30)21-4-5-21/h1-3,18-19,21-23H,4-17,20H2. The first-order valence-corrected chi connectivity index (χ1v) is 15.4. The van der Waals surface area contributed by atoms with Crippen molar-refractivity contribution in [2.24, 2.45) is 11.3 Å². The van der Waals surface area contributed by atoms with Gasteiger partial charge >= 0.3 is 0 Å². The van der Waals surface area contributed by atoms with Gasteiger partial charge in [0.15, 0.2) is 17.5 Å². The first-order valence-electron chi connectivity index (χ1n) is 15.4. The lowest BCUT2D eigenvalue weighted by Gasteiger charge is -2.53. The monoisotopic (exact) mass is 542 g/mol. The predicted octanol–water partition coefficient (Wildman–Crippen LogP) is 6.53. The van der Waals surface area contributed by atoms with Crippen molar-refractivity contribution in [3.8, 4) is 11.3 Å². The summed E-state index contributed by atoms with van der Waals surface area (Å²) >= 11 is 0. The molecule has 8 heteroatoms. The maximum absolute atomic E-state index is 14.2. The molecular weight excluding hydrogens is 504 g/mol. The maximum atomic E-state index is 14.2. The molecule has 0 radical (unpaired) electrons. The number of oxazole rings is 1. The van der Waals surface area contributed by atoms with E-state index >= 15 is 0 Å². The Hall–Kier alpha value is -3.00. The molecule has 0 spiro atoms. The van der Waals surface area contributed by atoms with Gasteiger partial charge in [0.2, 0.25) is 11.8 Å². The summed E-state index contributed by atoms with van der Waals surface area (Å²) in [6.07, 6.45) is 14.5.